The summed E-state index contributed by atoms with van der Waals surface area (Å²) in [6, 6.07) is 9.38. The number of carbonyl (C=O) groups excluding carboxylic acids is 2. The summed E-state index contributed by atoms with van der Waals surface area (Å²) in [5, 5.41) is 0. The second kappa shape index (κ2) is 8.66. The van der Waals surface area contributed by atoms with Crippen molar-refractivity contribution >= 4 is 11.8 Å². The first-order valence-corrected chi connectivity index (χ1v) is 8.65. The Kier molecular flexibility index (Phi) is 6.57. The van der Waals surface area contributed by atoms with Crippen LogP contribution < -0.4 is 0 Å². The van der Waals surface area contributed by atoms with Crippen LogP contribution in [0.3, 0.4) is 0 Å². The lowest BCUT2D eigenvalue weighted by Gasteiger charge is -2.21. The second-order valence-corrected chi connectivity index (χ2v) is 6.05. The van der Waals surface area contributed by atoms with Gasteiger partial charge in [0.25, 0.3) is 0 Å². The second-order valence-electron chi connectivity index (χ2n) is 6.05. The van der Waals surface area contributed by atoms with E-state index >= 15 is 0 Å². The Labute approximate surface area is 138 Å². The summed E-state index contributed by atoms with van der Waals surface area (Å²) >= 11 is 0. The summed E-state index contributed by atoms with van der Waals surface area (Å²) in [6.07, 6.45) is 6.72. The number of ketones is 1. The predicted octanol–water partition coefficient (Wildman–Crippen LogP) is 4.58. The van der Waals surface area contributed by atoms with Gasteiger partial charge in [0.1, 0.15) is 0 Å². The third-order valence-corrected chi connectivity index (χ3v) is 4.50. The fraction of sp³-hybridized carbons (Fsp3) is 0.500. The summed E-state index contributed by atoms with van der Waals surface area (Å²) in [5.74, 6) is -0.248. The van der Waals surface area contributed by atoms with Crippen LogP contribution in [0.5, 0.6) is 0 Å². The van der Waals surface area contributed by atoms with Crippen LogP contribution in [0.4, 0.5) is 0 Å². The number of Topliss-reactive ketones (excluding diaryl/α,β-unsaturated/α-hetero) is 1. The predicted molar refractivity (Wildman–Crippen MR) is 91.2 cm³/mol. The SMILES string of the molecule is CCCCCC1C(C(=O)OCC)=CCC1C(=O)c1ccccc1. The van der Waals surface area contributed by atoms with Gasteiger partial charge in [0.05, 0.1) is 6.61 Å². The average molecular weight is 314 g/mol. The number of rotatable bonds is 8. The minimum atomic E-state index is -0.252. The van der Waals surface area contributed by atoms with E-state index in [4.69, 9.17) is 4.74 Å². The third kappa shape index (κ3) is 4.31. The van der Waals surface area contributed by atoms with Crippen molar-refractivity contribution in [3.05, 3.63) is 47.5 Å². The van der Waals surface area contributed by atoms with Gasteiger partial charge in [-0.1, -0.05) is 62.6 Å². The van der Waals surface area contributed by atoms with Gasteiger partial charge < -0.3 is 4.74 Å². The Morgan fingerprint density at radius 1 is 1.13 bits per heavy atom. The molecule has 2 unspecified atom stereocenters. The van der Waals surface area contributed by atoms with E-state index in [-0.39, 0.29) is 23.6 Å². The van der Waals surface area contributed by atoms with Crippen molar-refractivity contribution in [2.45, 2.75) is 46.0 Å². The molecule has 0 bridgehead atoms. The van der Waals surface area contributed by atoms with Crippen LogP contribution in [0, 0.1) is 11.8 Å². The van der Waals surface area contributed by atoms with E-state index < -0.39 is 0 Å². The molecule has 0 amide bonds. The van der Waals surface area contributed by atoms with E-state index in [0.717, 1.165) is 31.2 Å². The molecule has 1 aliphatic carbocycles. The number of benzene rings is 1. The molecule has 1 aliphatic rings. The normalized spacial score (nSPS) is 20.2. The molecule has 1 aromatic carbocycles. The highest BCUT2D eigenvalue weighted by molar-refractivity contribution is 6.00. The molecule has 0 saturated carbocycles. The topological polar surface area (TPSA) is 43.4 Å². The van der Waals surface area contributed by atoms with Crippen LogP contribution >= 0.6 is 0 Å². The van der Waals surface area contributed by atoms with Crippen molar-refractivity contribution in [3.63, 3.8) is 0 Å². The van der Waals surface area contributed by atoms with E-state index in [1.54, 1.807) is 0 Å². The highest BCUT2D eigenvalue weighted by Gasteiger charge is 2.38. The largest absolute Gasteiger partial charge is 0.463 e. The van der Waals surface area contributed by atoms with Gasteiger partial charge in [-0.05, 0) is 19.8 Å². The quantitative estimate of drug-likeness (QED) is 0.401. The molecule has 3 heteroatoms. The lowest BCUT2D eigenvalue weighted by atomic mass is 9.82. The first-order valence-electron chi connectivity index (χ1n) is 8.65. The van der Waals surface area contributed by atoms with Crippen LogP contribution in [0.1, 0.15) is 56.3 Å². The highest BCUT2D eigenvalue weighted by atomic mass is 16.5. The standard InChI is InChI=1S/C20H26O3/c1-3-5-7-12-16-17(13-14-18(16)20(22)23-4-2)19(21)15-10-8-6-9-11-15/h6,8-11,14,16-17H,3-5,7,12-13H2,1-2H3. The maximum Gasteiger partial charge on any atom is 0.333 e. The summed E-state index contributed by atoms with van der Waals surface area (Å²) < 4.78 is 5.18. The monoisotopic (exact) mass is 314 g/mol. The van der Waals surface area contributed by atoms with Crippen molar-refractivity contribution in [1.29, 1.82) is 0 Å². The number of hydrogen-bond donors (Lipinski definition) is 0. The number of allylic oxidation sites excluding steroid dienone is 1. The number of hydrogen-bond acceptors (Lipinski definition) is 3. The Morgan fingerprint density at radius 3 is 2.52 bits per heavy atom. The van der Waals surface area contributed by atoms with Gasteiger partial charge in [0, 0.05) is 23.0 Å². The molecule has 0 fully saturated rings. The van der Waals surface area contributed by atoms with Crippen molar-refractivity contribution in [2.24, 2.45) is 11.8 Å². The molecule has 0 N–H and O–H groups in total. The minimum absolute atomic E-state index is 0.00620. The van der Waals surface area contributed by atoms with Gasteiger partial charge in [-0.25, -0.2) is 4.79 Å². The molecule has 0 saturated heterocycles. The molecular weight excluding hydrogens is 288 g/mol. The fourth-order valence-corrected chi connectivity index (χ4v) is 3.31. The smallest absolute Gasteiger partial charge is 0.333 e. The molecule has 23 heavy (non-hydrogen) atoms. The number of carbonyl (C=O) groups is 2. The van der Waals surface area contributed by atoms with E-state index in [9.17, 15) is 9.59 Å². The van der Waals surface area contributed by atoms with E-state index in [1.807, 2.05) is 43.3 Å². The summed E-state index contributed by atoms with van der Waals surface area (Å²) in [4.78, 5) is 25.0. The molecule has 0 aliphatic heterocycles. The minimum Gasteiger partial charge on any atom is -0.463 e. The molecule has 3 nitrogen and oxygen atoms in total. The van der Waals surface area contributed by atoms with Gasteiger partial charge >= 0.3 is 5.97 Å². The van der Waals surface area contributed by atoms with E-state index in [1.165, 1.54) is 0 Å². The molecule has 2 atom stereocenters. The van der Waals surface area contributed by atoms with Crippen LogP contribution in [-0.2, 0) is 9.53 Å². The Bertz CT molecular complexity index is 560. The van der Waals surface area contributed by atoms with Gasteiger partial charge in [0.15, 0.2) is 5.78 Å². The Hall–Kier alpha value is -1.90. The zero-order chi connectivity index (χ0) is 16.7. The first kappa shape index (κ1) is 17.5. The first-order chi connectivity index (χ1) is 11.2. The van der Waals surface area contributed by atoms with E-state index in [2.05, 4.69) is 6.92 Å². The van der Waals surface area contributed by atoms with Crippen LogP contribution in [0.25, 0.3) is 0 Å². The maximum absolute atomic E-state index is 12.8. The number of ether oxygens (including phenoxy) is 1. The lowest BCUT2D eigenvalue weighted by Crippen LogP contribution is -2.24. The number of esters is 1. The molecule has 0 radical (unpaired) electrons. The molecule has 124 valence electrons. The van der Waals surface area contributed by atoms with Crippen molar-refractivity contribution in [3.8, 4) is 0 Å². The van der Waals surface area contributed by atoms with Crippen LogP contribution in [0.15, 0.2) is 42.0 Å². The summed E-state index contributed by atoms with van der Waals surface area (Å²) in [6.45, 7) is 4.34. The zero-order valence-corrected chi connectivity index (χ0v) is 14.1. The van der Waals surface area contributed by atoms with Gasteiger partial charge in [-0.2, -0.15) is 0 Å². The van der Waals surface area contributed by atoms with Gasteiger partial charge in [-0.15, -0.1) is 0 Å². The van der Waals surface area contributed by atoms with Crippen molar-refractivity contribution < 1.29 is 14.3 Å². The van der Waals surface area contributed by atoms with E-state index in [0.29, 0.717) is 18.6 Å². The number of unbranched alkanes of at least 4 members (excludes halogenated alkanes) is 2. The average Bonchev–Trinajstić information content (AvgIpc) is 2.99. The molecular formula is C20H26O3. The lowest BCUT2D eigenvalue weighted by molar-refractivity contribution is -0.139. The molecule has 0 spiro atoms. The fourth-order valence-electron chi connectivity index (χ4n) is 3.31. The van der Waals surface area contributed by atoms with Gasteiger partial charge in [-0.3, -0.25) is 4.79 Å². The summed E-state index contributed by atoms with van der Waals surface area (Å²) in [5.41, 5.74) is 1.44. The van der Waals surface area contributed by atoms with Crippen molar-refractivity contribution in [2.75, 3.05) is 6.61 Å². The molecule has 0 aromatic heterocycles. The molecule has 2 rings (SSSR count). The Morgan fingerprint density at radius 2 is 1.87 bits per heavy atom. The van der Waals surface area contributed by atoms with Gasteiger partial charge in [0.2, 0.25) is 0 Å². The molecule has 0 heterocycles. The Balaban J connectivity index is 2.15. The summed E-state index contributed by atoms with van der Waals surface area (Å²) in [7, 11) is 0. The maximum atomic E-state index is 12.8. The van der Waals surface area contributed by atoms with Crippen molar-refractivity contribution in [1.82, 2.24) is 0 Å². The van der Waals surface area contributed by atoms with Crippen LogP contribution in [0.2, 0.25) is 0 Å². The molecule has 1 aromatic rings. The zero-order valence-electron chi connectivity index (χ0n) is 14.1. The third-order valence-electron chi connectivity index (χ3n) is 4.50. The van der Waals surface area contributed by atoms with Crippen LogP contribution in [-0.4, -0.2) is 18.4 Å². The highest BCUT2D eigenvalue weighted by Crippen LogP contribution is 2.38.